The molecule has 1 aromatic heterocycles. The van der Waals surface area contributed by atoms with Gasteiger partial charge >= 0.3 is 12.0 Å². The van der Waals surface area contributed by atoms with Crippen LogP contribution in [0.4, 0.5) is 4.79 Å². The third-order valence-electron chi connectivity index (χ3n) is 4.08. The molecule has 3 heterocycles. The molecule has 2 N–H and O–H groups in total. The summed E-state index contributed by atoms with van der Waals surface area (Å²) >= 11 is 0. The van der Waals surface area contributed by atoms with Crippen molar-refractivity contribution in [2.75, 3.05) is 13.1 Å². The largest absolute Gasteiger partial charge is 0.460 e. The minimum absolute atomic E-state index is 0.0385. The molecule has 1 aromatic rings. The standard InChI is InChI=1S/C15H19N5O4/c21-12-3-2-11(18-14(23)19-12)13(22)20-8-4-10(5-9-20)24-15-16-6-1-7-17-15/h1,6-7,10-11H,2-5,8-9H2,(H2,18,19,21,23)/t11-/m1/s1. The van der Waals surface area contributed by atoms with Crippen LogP contribution in [-0.4, -0.2) is 57.9 Å². The lowest BCUT2D eigenvalue weighted by Gasteiger charge is -2.33. The van der Waals surface area contributed by atoms with Gasteiger partial charge in [-0.15, -0.1) is 0 Å². The molecule has 0 aliphatic carbocycles. The van der Waals surface area contributed by atoms with Gasteiger partial charge in [-0.1, -0.05) is 0 Å². The van der Waals surface area contributed by atoms with Gasteiger partial charge in [-0.05, 0) is 12.5 Å². The molecule has 2 aliphatic rings. The van der Waals surface area contributed by atoms with Crippen LogP contribution in [0.5, 0.6) is 6.01 Å². The molecule has 0 unspecified atom stereocenters. The molecule has 0 bridgehead atoms. The van der Waals surface area contributed by atoms with E-state index in [1.54, 1.807) is 23.4 Å². The highest BCUT2D eigenvalue weighted by atomic mass is 16.5. The summed E-state index contributed by atoms with van der Waals surface area (Å²) in [6, 6.07) is 0.777. The first-order valence-electron chi connectivity index (χ1n) is 7.94. The molecular weight excluding hydrogens is 314 g/mol. The quantitative estimate of drug-likeness (QED) is 0.794. The second-order valence-corrected chi connectivity index (χ2v) is 5.79. The van der Waals surface area contributed by atoms with Crippen LogP contribution < -0.4 is 15.4 Å². The highest BCUT2D eigenvalue weighted by Gasteiger charge is 2.32. The number of urea groups is 1. The number of imide groups is 1. The Hall–Kier alpha value is -2.71. The fourth-order valence-corrected chi connectivity index (χ4v) is 2.83. The number of amides is 4. The summed E-state index contributed by atoms with van der Waals surface area (Å²) in [6.45, 7) is 1.06. The van der Waals surface area contributed by atoms with Gasteiger partial charge in [-0.25, -0.2) is 14.8 Å². The predicted octanol–water partition coefficient (Wildman–Crippen LogP) is -0.165. The molecule has 1 atom stereocenters. The Morgan fingerprint density at radius 3 is 2.58 bits per heavy atom. The number of piperidine rings is 1. The summed E-state index contributed by atoms with van der Waals surface area (Å²) in [5, 5.41) is 4.71. The van der Waals surface area contributed by atoms with Crippen LogP contribution in [0.1, 0.15) is 25.7 Å². The molecule has 0 spiro atoms. The van der Waals surface area contributed by atoms with E-state index in [2.05, 4.69) is 20.6 Å². The summed E-state index contributed by atoms with van der Waals surface area (Å²) in [6.07, 6.45) is 4.99. The Balaban J connectivity index is 1.51. The number of nitrogens with one attached hydrogen (secondary N) is 2. The molecule has 9 heteroatoms. The van der Waals surface area contributed by atoms with E-state index in [-0.39, 0.29) is 24.3 Å². The van der Waals surface area contributed by atoms with Crippen LogP contribution in [-0.2, 0) is 9.59 Å². The average Bonchev–Trinajstić information content (AvgIpc) is 2.76. The number of rotatable bonds is 3. The van der Waals surface area contributed by atoms with Gasteiger partial charge < -0.3 is 15.0 Å². The van der Waals surface area contributed by atoms with Crippen molar-refractivity contribution >= 4 is 17.8 Å². The number of hydrogen-bond acceptors (Lipinski definition) is 6. The number of ether oxygens (including phenoxy) is 1. The molecule has 9 nitrogen and oxygen atoms in total. The van der Waals surface area contributed by atoms with Gasteiger partial charge in [0.2, 0.25) is 11.8 Å². The summed E-state index contributed by atoms with van der Waals surface area (Å²) in [5.74, 6) is -0.521. The lowest BCUT2D eigenvalue weighted by atomic mass is 10.0. The van der Waals surface area contributed by atoms with Gasteiger partial charge in [0.1, 0.15) is 12.1 Å². The van der Waals surface area contributed by atoms with Gasteiger partial charge in [0, 0.05) is 44.7 Å². The maximum absolute atomic E-state index is 12.5. The van der Waals surface area contributed by atoms with Gasteiger partial charge in [0.05, 0.1) is 0 Å². The third-order valence-corrected chi connectivity index (χ3v) is 4.08. The van der Waals surface area contributed by atoms with Crippen LogP contribution in [0, 0.1) is 0 Å². The molecule has 24 heavy (non-hydrogen) atoms. The van der Waals surface area contributed by atoms with Crippen LogP contribution >= 0.6 is 0 Å². The molecule has 128 valence electrons. The molecule has 0 aromatic carbocycles. The summed E-state index contributed by atoms with van der Waals surface area (Å²) in [7, 11) is 0. The van der Waals surface area contributed by atoms with Crippen molar-refractivity contribution in [2.24, 2.45) is 0 Å². The van der Waals surface area contributed by atoms with Crippen molar-refractivity contribution in [1.29, 1.82) is 0 Å². The first-order chi connectivity index (χ1) is 11.6. The minimum atomic E-state index is -0.661. The molecule has 3 rings (SSSR count). The van der Waals surface area contributed by atoms with E-state index in [4.69, 9.17) is 4.74 Å². The first-order valence-corrected chi connectivity index (χ1v) is 7.94. The Kier molecular flexibility index (Phi) is 4.88. The van der Waals surface area contributed by atoms with Gasteiger partial charge in [0.25, 0.3) is 0 Å². The second-order valence-electron chi connectivity index (χ2n) is 5.79. The summed E-state index contributed by atoms with van der Waals surface area (Å²) < 4.78 is 5.70. The topological polar surface area (TPSA) is 114 Å². The zero-order valence-electron chi connectivity index (χ0n) is 13.1. The predicted molar refractivity (Wildman–Crippen MR) is 82.0 cm³/mol. The second kappa shape index (κ2) is 7.24. The van der Waals surface area contributed by atoms with E-state index >= 15 is 0 Å². The first kappa shape index (κ1) is 16.2. The zero-order valence-corrected chi connectivity index (χ0v) is 13.1. The van der Waals surface area contributed by atoms with E-state index in [1.807, 2.05) is 0 Å². The normalized spacial score (nSPS) is 22.3. The smallest absolute Gasteiger partial charge is 0.322 e. The molecule has 0 radical (unpaired) electrons. The van der Waals surface area contributed by atoms with Gasteiger partial charge in [0.15, 0.2) is 0 Å². The number of carbonyl (C=O) groups is 3. The van der Waals surface area contributed by atoms with Crippen molar-refractivity contribution in [3.05, 3.63) is 18.5 Å². The number of nitrogens with zero attached hydrogens (tertiary/aromatic N) is 3. The van der Waals surface area contributed by atoms with Crippen molar-refractivity contribution in [2.45, 2.75) is 37.8 Å². The van der Waals surface area contributed by atoms with E-state index in [9.17, 15) is 14.4 Å². The fourth-order valence-electron chi connectivity index (χ4n) is 2.83. The Labute approximate surface area is 138 Å². The lowest BCUT2D eigenvalue weighted by molar-refractivity contribution is -0.135. The average molecular weight is 333 g/mol. The van der Waals surface area contributed by atoms with Crippen LogP contribution in [0.25, 0.3) is 0 Å². The Morgan fingerprint density at radius 2 is 1.88 bits per heavy atom. The molecule has 2 aliphatic heterocycles. The maximum atomic E-state index is 12.5. The molecule has 2 saturated heterocycles. The van der Waals surface area contributed by atoms with Crippen molar-refractivity contribution in [3.63, 3.8) is 0 Å². The fraction of sp³-hybridized carbons (Fsp3) is 0.533. The number of aromatic nitrogens is 2. The Bertz CT molecular complexity index is 616. The highest BCUT2D eigenvalue weighted by molar-refractivity contribution is 5.98. The van der Waals surface area contributed by atoms with E-state index in [0.717, 1.165) is 0 Å². The summed E-state index contributed by atoms with van der Waals surface area (Å²) in [5.41, 5.74) is 0. The van der Waals surface area contributed by atoms with E-state index in [1.165, 1.54) is 0 Å². The van der Waals surface area contributed by atoms with Crippen molar-refractivity contribution in [1.82, 2.24) is 25.5 Å². The van der Waals surface area contributed by atoms with Crippen molar-refractivity contribution < 1.29 is 19.1 Å². The van der Waals surface area contributed by atoms with Crippen LogP contribution in [0.3, 0.4) is 0 Å². The third kappa shape index (κ3) is 3.98. The monoisotopic (exact) mass is 333 g/mol. The molecule has 2 fully saturated rings. The van der Waals surface area contributed by atoms with Crippen LogP contribution in [0.2, 0.25) is 0 Å². The molecule has 4 amide bonds. The minimum Gasteiger partial charge on any atom is -0.460 e. The molecular formula is C15H19N5O4. The highest BCUT2D eigenvalue weighted by Crippen LogP contribution is 2.17. The summed E-state index contributed by atoms with van der Waals surface area (Å²) in [4.78, 5) is 45.1. The number of carbonyl (C=O) groups excluding carboxylic acids is 3. The maximum Gasteiger partial charge on any atom is 0.322 e. The SMILES string of the molecule is O=C1CC[C@H](C(=O)N2CCC(Oc3ncccn3)CC2)NC(=O)N1. The molecule has 0 saturated carbocycles. The zero-order chi connectivity index (χ0) is 16.9. The Morgan fingerprint density at radius 1 is 1.17 bits per heavy atom. The lowest BCUT2D eigenvalue weighted by Crippen LogP contribution is -2.52. The van der Waals surface area contributed by atoms with E-state index < -0.39 is 12.1 Å². The van der Waals surface area contributed by atoms with Gasteiger partial charge in [-0.3, -0.25) is 14.9 Å². The number of hydrogen-bond donors (Lipinski definition) is 2. The van der Waals surface area contributed by atoms with Gasteiger partial charge in [-0.2, -0.15) is 0 Å². The van der Waals surface area contributed by atoms with Crippen LogP contribution in [0.15, 0.2) is 18.5 Å². The number of likely N-dealkylation sites (tertiary alicyclic amines) is 1. The van der Waals surface area contributed by atoms with Crippen molar-refractivity contribution in [3.8, 4) is 6.01 Å². The van der Waals surface area contributed by atoms with E-state index in [0.29, 0.717) is 38.4 Å².